The minimum absolute atomic E-state index is 0.609. The lowest BCUT2D eigenvalue weighted by atomic mass is 9.99. The molecule has 114 valence electrons. The fraction of sp³-hybridized carbons (Fsp3) is 0.333. The molecule has 0 saturated carbocycles. The number of benzene rings is 2. The molecular weight excluding hydrogens is 315 g/mol. The standard InChI is InChI=1S/C18H18Cl2N2/c19-13-4-5-15(17(20)11-13)16-3-1-2-12-10-14-6-7-21-8-9-22(14)18(12)16/h1-5,11,14,21H,6-10H2. The van der Waals surface area contributed by atoms with Gasteiger partial charge in [0.15, 0.2) is 0 Å². The van der Waals surface area contributed by atoms with Crippen molar-refractivity contribution in [2.24, 2.45) is 0 Å². The summed E-state index contributed by atoms with van der Waals surface area (Å²) in [5.74, 6) is 0. The molecular formula is C18H18Cl2N2. The molecule has 1 fully saturated rings. The maximum absolute atomic E-state index is 6.46. The number of hydrogen-bond acceptors (Lipinski definition) is 2. The first-order valence-electron chi connectivity index (χ1n) is 7.79. The molecule has 2 aliphatic heterocycles. The van der Waals surface area contributed by atoms with Crippen LogP contribution in [0.1, 0.15) is 12.0 Å². The molecule has 0 radical (unpaired) electrons. The molecule has 2 aliphatic rings. The Morgan fingerprint density at radius 2 is 1.95 bits per heavy atom. The van der Waals surface area contributed by atoms with Crippen LogP contribution in [0.15, 0.2) is 36.4 Å². The highest BCUT2D eigenvalue weighted by molar-refractivity contribution is 6.36. The molecule has 0 amide bonds. The summed E-state index contributed by atoms with van der Waals surface area (Å²) in [6, 6.07) is 13.0. The summed E-state index contributed by atoms with van der Waals surface area (Å²) in [4.78, 5) is 2.57. The van der Waals surface area contributed by atoms with E-state index in [1.807, 2.05) is 18.2 Å². The van der Waals surface area contributed by atoms with E-state index in [9.17, 15) is 0 Å². The van der Waals surface area contributed by atoms with Crippen LogP contribution < -0.4 is 10.2 Å². The summed E-state index contributed by atoms with van der Waals surface area (Å²) in [6.07, 6.45) is 2.33. The van der Waals surface area contributed by atoms with Crippen LogP contribution in [0.5, 0.6) is 0 Å². The van der Waals surface area contributed by atoms with Gasteiger partial charge in [0.1, 0.15) is 0 Å². The zero-order valence-corrected chi connectivity index (χ0v) is 13.8. The molecule has 22 heavy (non-hydrogen) atoms. The average molecular weight is 333 g/mol. The molecule has 1 N–H and O–H groups in total. The van der Waals surface area contributed by atoms with Crippen molar-refractivity contribution < 1.29 is 0 Å². The summed E-state index contributed by atoms with van der Waals surface area (Å²) in [5, 5.41) is 4.90. The highest BCUT2D eigenvalue weighted by Crippen LogP contribution is 2.43. The van der Waals surface area contributed by atoms with Gasteiger partial charge in [-0.05, 0) is 37.1 Å². The topological polar surface area (TPSA) is 15.3 Å². The van der Waals surface area contributed by atoms with Crippen molar-refractivity contribution in [1.29, 1.82) is 0 Å². The minimum Gasteiger partial charge on any atom is -0.366 e. The van der Waals surface area contributed by atoms with E-state index in [1.165, 1.54) is 23.2 Å². The number of rotatable bonds is 1. The molecule has 2 aromatic carbocycles. The van der Waals surface area contributed by atoms with Gasteiger partial charge in [0, 0.05) is 46.0 Å². The van der Waals surface area contributed by atoms with Gasteiger partial charge in [0.25, 0.3) is 0 Å². The van der Waals surface area contributed by atoms with Crippen LogP contribution in [0.3, 0.4) is 0 Å². The Hall–Kier alpha value is -1.22. The lowest BCUT2D eigenvalue weighted by molar-refractivity contribution is 0.612. The Balaban J connectivity index is 1.84. The molecule has 0 spiro atoms. The molecule has 0 aliphatic carbocycles. The van der Waals surface area contributed by atoms with E-state index < -0.39 is 0 Å². The molecule has 2 nitrogen and oxygen atoms in total. The largest absolute Gasteiger partial charge is 0.366 e. The first-order chi connectivity index (χ1) is 10.7. The van der Waals surface area contributed by atoms with E-state index >= 15 is 0 Å². The van der Waals surface area contributed by atoms with Crippen molar-refractivity contribution in [2.75, 3.05) is 24.5 Å². The van der Waals surface area contributed by atoms with Crippen molar-refractivity contribution in [3.05, 3.63) is 52.0 Å². The van der Waals surface area contributed by atoms with Crippen LogP contribution in [0.2, 0.25) is 10.0 Å². The lowest BCUT2D eigenvalue weighted by Crippen LogP contribution is -2.33. The number of halogens is 2. The smallest absolute Gasteiger partial charge is 0.0499 e. The number of hydrogen-bond donors (Lipinski definition) is 1. The maximum atomic E-state index is 6.46. The predicted octanol–water partition coefficient (Wildman–Crippen LogP) is 4.38. The fourth-order valence-corrected chi connectivity index (χ4v) is 4.22. The lowest BCUT2D eigenvalue weighted by Gasteiger charge is -2.27. The molecule has 1 saturated heterocycles. The van der Waals surface area contributed by atoms with Crippen molar-refractivity contribution in [3.8, 4) is 11.1 Å². The predicted molar refractivity (Wildman–Crippen MR) is 94.2 cm³/mol. The maximum Gasteiger partial charge on any atom is 0.0499 e. The minimum atomic E-state index is 0.609. The van der Waals surface area contributed by atoms with Crippen molar-refractivity contribution in [2.45, 2.75) is 18.9 Å². The number of anilines is 1. The van der Waals surface area contributed by atoms with Gasteiger partial charge in [-0.2, -0.15) is 0 Å². The van der Waals surface area contributed by atoms with Crippen LogP contribution in [-0.2, 0) is 6.42 Å². The van der Waals surface area contributed by atoms with Crippen LogP contribution >= 0.6 is 23.2 Å². The van der Waals surface area contributed by atoms with Crippen LogP contribution in [-0.4, -0.2) is 25.7 Å². The second kappa shape index (κ2) is 5.77. The Bertz CT molecular complexity index is 714. The van der Waals surface area contributed by atoms with Crippen LogP contribution in [0.4, 0.5) is 5.69 Å². The van der Waals surface area contributed by atoms with Gasteiger partial charge in [-0.3, -0.25) is 0 Å². The third-order valence-electron chi connectivity index (χ3n) is 4.71. The molecule has 4 heteroatoms. The Kier molecular flexibility index (Phi) is 3.77. The summed E-state index contributed by atoms with van der Waals surface area (Å²) >= 11 is 12.5. The summed E-state index contributed by atoms with van der Waals surface area (Å²) in [6.45, 7) is 3.20. The van der Waals surface area contributed by atoms with Gasteiger partial charge >= 0.3 is 0 Å². The number of fused-ring (bicyclic) bond motifs is 3. The summed E-state index contributed by atoms with van der Waals surface area (Å²) < 4.78 is 0. The molecule has 0 bridgehead atoms. The van der Waals surface area contributed by atoms with Crippen molar-refractivity contribution in [1.82, 2.24) is 5.32 Å². The van der Waals surface area contributed by atoms with Gasteiger partial charge in [-0.15, -0.1) is 0 Å². The summed E-state index contributed by atoms with van der Waals surface area (Å²) in [7, 11) is 0. The van der Waals surface area contributed by atoms with Gasteiger partial charge in [0.05, 0.1) is 0 Å². The Morgan fingerprint density at radius 1 is 1.05 bits per heavy atom. The van der Waals surface area contributed by atoms with Gasteiger partial charge in [-0.1, -0.05) is 47.5 Å². The number of nitrogens with one attached hydrogen (secondary N) is 1. The van der Waals surface area contributed by atoms with E-state index in [0.29, 0.717) is 11.1 Å². The van der Waals surface area contributed by atoms with E-state index in [0.717, 1.165) is 36.6 Å². The van der Waals surface area contributed by atoms with E-state index in [4.69, 9.17) is 23.2 Å². The third-order valence-corrected chi connectivity index (χ3v) is 5.26. The average Bonchev–Trinajstić information content (AvgIpc) is 2.70. The van der Waals surface area contributed by atoms with E-state index in [1.54, 1.807) is 0 Å². The quantitative estimate of drug-likeness (QED) is 0.833. The molecule has 2 aromatic rings. The van der Waals surface area contributed by atoms with Crippen LogP contribution in [0.25, 0.3) is 11.1 Å². The number of para-hydroxylation sites is 1. The summed E-state index contributed by atoms with van der Waals surface area (Å²) in [5.41, 5.74) is 5.10. The van der Waals surface area contributed by atoms with E-state index in [2.05, 4.69) is 28.4 Å². The van der Waals surface area contributed by atoms with Crippen LogP contribution in [0, 0.1) is 0 Å². The second-order valence-electron chi connectivity index (χ2n) is 6.03. The molecule has 2 heterocycles. The molecule has 1 unspecified atom stereocenters. The monoisotopic (exact) mass is 332 g/mol. The molecule has 4 rings (SSSR count). The Morgan fingerprint density at radius 3 is 2.82 bits per heavy atom. The number of nitrogens with zero attached hydrogens (tertiary/aromatic N) is 1. The van der Waals surface area contributed by atoms with Gasteiger partial charge < -0.3 is 10.2 Å². The van der Waals surface area contributed by atoms with Crippen molar-refractivity contribution >= 4 is 28.9 Å². The Labute approximate surface area is 141 Å². The zero-order chi connectivity index (χ0) is 15.1. The van der Waals surface area contributed by atoms with Gasteiger partial charge in [-0.25, -0.2) is 0 Å². The third kappa shape index (κ3) is 2.40. The van der Waals surface area contributed by atoms with Crippen molar-refractivity contribution in [3.63, 3.8) is 0 Å². The SMILES string of the molecule is Clc1ccc(-c2cccc3c2N2CCNCCC2C3)c(Cl)c1. The van der Waals surface area contributed by atoms with E-state index in [-0.39, 0.29) is 0 Å². The first kappa shape index (κ1) is 14.4. The highest BCUT2D eigenvalue weighted by atomic mass is 35.5. The zero-order valence-electron chi connectivity index (χ0n) is 12.3. The van der Waals surface area contributed by atoms with Gasteiger partial charge in [0.2, 0.25) is 0 Å². The second-order valence-corrected chi connectivity index (χ2v) is 6.87. The highest BCUT2D eigenvalue weighted by Gasteiger charge is 2.32. The molecule has 0 aromatic heterocycles. The molecule has 1 atom stereocenters. The fourth-order valence-electron chi connectivity index (χ4n) is 3.71. The first-order valence-corrected chi connectivity index (χ1v) is 8.54. The normalized spacial score (nSPS) is 20.5.